The Morgan fingerprint density at radius 1 is 1.35 bits per heavy atom. The number of carbonyl (C=O) groups is 1. The van der Waals surface area contributed by atoms with Crippen molar-refractivity contribution in [1.29, 1.82) is 0 Å². The number of nitrogens with zero attached hydrogens (tertiary/aromatic N) is 1. The monoisotopic (exact) mass is 301 g/mol. The highest BCUT2D eigenvalue weighted by Gasteiger charge is 2.36. The van der Waals surface area contributed by atoms with Gasteiger partial charge in [-0.05, 0) is 30.5 Å². The first-order valence-corrected chi connectivity index (χ1v) is 8.18. The predicted molar refractivity (Wildman–Crippen MR) is 71.7 cm³/mol. The highest BCUT2D eigenvalue weighted by molar-refractivity contribution is 7.91. The first-order valence-electron chi connectivity index (χ1n) is 6.23. The Hall–Kier alpha value is -1.63. The Balaban J connectivity index is 2.32. The second kappa shape index (κ2) is 5.40. The number of rotatable bonds is 2. The van der Waals surface area contributed by atoms with Crippen molar-refractivity contribution in [1.82, 2.24) is 4.90 Å². The summed E-state index contributed by atoms with van der Waals surface area (Å²) in [5.41, 5.74) is 0.613. The molecule has 20 heavy (non-hydrogen) atoms. The van der Waals surface area contributed by atoms with Gasteiger partial charge in [0, 0.05) is 12.8 Å². The molecule has 1 aliphatic rings. The van der Waals surface area contributed by atoms with Crippen LogP contribution in [0.2, 0.25) is 0 Å². The number of amides is 1. The molecular formula is C13H16FNO4S. The number of piperidine rings is 1. The number of hydrogen-bond acceptors (Lipinski definition) is 3. The summed E-state index contributed by atoms with van der Waals surface area (Å²) in [6, 6.07) is 4.95. The summed E-state index contributed by atoms with van der Waals surface area (Å²) >= 11 is 0. The van der Waals surface area contributed by atoms with Crippen molar-refractivity contribution in [3.05, 3.63) is 35.6 Å². The van der Waals surface area contributed by atoms with Crippen LogP contribution in [0, 0.1) is 5.82 Å². The van der Waals surface area contributed by atoms with E-state index in [1.54, 1.807) is 0 Å². The fourth-order valence-electron chi connectivity index (χ4n) is 2.55. The molecule has 0 spiro atoms. The Labute approximate surface area is 116 Å². The Kier molecular flexibility index (Phi) is 3.99. The zero-order valence-electron chi connectivity index (χ0n) is 11.0. The van der Waals surface area contributed by atoms with Gasteiger partial charge in [-0.15, -0.1) is 0 Å². The van der Waals surface area contributed by atoms with E-state index >= 15 is 0 Å². The second-order valence-electron chi connectivity index (χ2n) is 5.02. The lowest BCUT2D eigenvalue weighted by atomic mass is 9.95. The van der Waals surface area contributed by atoms with Crippen LogP contribution in [0.3, 0.4) is 0 Å². The Bertz CT molecular complexity index is 599. The maximum absolute atomic E-state index is 12.9. The van der Waals surface area contributed by atoms with E-state index in [1.807, 2.05) is 0 Å². The minimum absolute atomic E-state index is 0.162. The molecular weight excluding hydrogens is 285 g/mol. The van der Waals surface area contributed by atoms with Crippen molar-refractivity contribution in [3.8, 4) is 0 Å². The third-order valence-corrected chi connectivity index (χ3v) is 5.30. The van der Waals surface area contributed by atoms with Gasteiger partial charge < -0.3 is 10.0 Å². The van der Waals surface area contributed by atoms with Crippen molar-refractivity contribution in [3.63, 3.8) is 0 Å². The average Bonchev–Trinajstić information content (AvgIpc) is 2.37. The van der Waals surface area contributed by atoms with Crippen molar-refractivity contribution in [2.45, 2.75) is 24.1 Å². The van der Waals surface area contributed by atoms with Crippen LogP contribution in [0.25, 0.3) is 0 Å². The lowest BCUT2D eigenvalue weighted by Crippen LogP contribution is -2.43. The van der Waals surface area contributed by atoms with E-state index < -0.39 is 33.0 Å². The molecule has 0 saturated carbocycles. The number of likely N-dealkylation sites (tertiary alicyclic amines) is 1. The van der Waals surface area contributed by atoms with Crippen LogP contribution < -0.4 is 0 Å². The van der Waals surface area contributed by atoms with Crippen LogP contribution in [0.5, 0.6) is 0 Å². The van der Waals surface area contributed by atoms with Gasteiger partial charge in [0.05, 0.1) is 11.3 Å². The molecule has 5 nitrogen and oxygen atoms in total. The van der Waals surface area contributed by atoms with E-state index in [-0.39, 0.29) is 13.0 Å². The third kappa shape index (κ3) is 3.09. The minimum Gasteiger partial charge on any atom is -0.465 e. The first kappa shape index (κ1) is 14.8. The van der Waals surface area contributed by atoms with Crippen molar-refractivity contribution >= 4 is 15.9 Å². The van der Waals surface area contributed by atoms with E-state index in [1.165, 1.54) is 29.2 Å². The molecule has 2 atom stereocenters. The van der Waals surface area contributed by atoms with Crippen LogP contribution in [-0.4, -0.2) is 42.6 Å². The van der Waals surface area contributed by atoms with Crippen molar-refractivity contribution in [2.24, 2.45) is 0 Å². The Morgan fingerprint density at radius 2 is 1.95 bits per heavy atom. The number of carboxylic acid groups (broad SMARTS) is 1. The second-order valence-corrected chi connectivity index (χ2v) is 7.34. The van der Waals surface area contributed by atoms with Gasteiger partial charge >= 0.3 is 6.09 Å². The lowest BCUT2D eigenvalue weighted by molar-refractivity contribution is 0.107. The topological polar surface area (TPSA) is 74.7 Å². The number of sulfone groups is 1. The maximum Gasteiger partial charge on any atom is 0.407 e. The van der Waals surface area contributed by atoms with E-state index in [0.29, 0.717) is 12.0 Å². The van der Waals surface area contributed by atoms with Gasteiger partial charge in [-0.2, -0.15) is 0 Å². The summed E-state index contributed by atoms with van der Waals surface area (Å²) in [4.78, 5) is 12.5. The molecule has 1 aromatic rings. The highest BCUT2D eigenvalue weighted by Crippen LogP contribution is 2.33. The third-order valence-electron chi connectivity index (χ3n) is 3.66. The zero-order valence-corrected chi connectivity index (χ0v) is 11.8. The smallest absolute Gasteiger partial charge is 0.407 e. The molecule has 0 radical (unpaired) electrons. The van der Waals surface area contributed by atoms with Gasteiger partial charge in [0.2, 0.25) is 0 Å². The lowest BCUT2D eigenvalue weighted by Gasteiger charge is -2.37. The van der Waals surface area contributed by atoms with Gasteiger partial charge in [-0.25, -0.2) is 17.6 Å². The number of hydrogen-bond donors (Lipinski definition) is 1. The summed E-state index contributed by atoms with van der Waals surface area (Å²) < 4.78 is 36.3. The van der Waals surface area contributed by atoms with E-state index in [0.717, 1.165) is 6.26 Å². The summed E-state index contributed by atoms with van der Waals surface area (Å²) in [5, 5.41) is 8.65. The fraction of sp³-hybridized carbons (Fsp3) is 0.462. The summed E-state index contributed by atoms with van der Waals surface area (Å²) in [6.45, 7) is 0.162. The summed E-state index contributed by atoms with van der Waals surface area (Å²) in [7, 11) is -3.22. The maximum atomic E-state index is 12.9. The molecule has 1 aromatic carbocycles. The molecule has 1 N–H and O–H groups in total. The largest absolute Gasteiger partial charge is 0.465 e. The molecule has 1 saturated heterocycles. The molecule has 0 aromatic heterocycles. The molecule has 7 heteroatoms. The minimum atomic E-state index is -3.22. The van der Waals surface area contributed by atoms with Gasteiger partial charge in [0.1, 0.15) is 15.7 Å². The van der Waals surface area contributed by atoms with Crippen molar-refractivity contribution < 1.29 is 22.7 Å². The van der Waals surface area contributed by atoms with Gasteiger partial charge in [-0.1, -0.05) is 12.1 Å². The number of benzene rings is 1. The molecule has 1 heterocycles. The van der Waals surface area contributed by atoms with Gasteiger partial charge in [0.15, 0.2) is 0 Å². The SMILES string of the molecule is CS(=O)(=O)C1CCN(C(=O)O)C(c2ccc(F)cc2)C1. The standard InChI is InChI=1S/C13H16FNO4S/c1-20(18,19)11-6-7-15(13(16)17)12(8-11)9-2-4-10(14)5-3-9/h2-5,11-12H,6-8H2,1H3,(H,16,17). The molecule has 1 amide bonds. The van der Waals surface area contributed by atoms with Crippen molar-refractivity contribution in [2.75, 3.05) is 12.8 Å². The molecule has 2 unspecified atom stereocenters. The van der Waals surface area contributed by atoms with E-state index in [9.17, 15) is 22.7 Å². The zero-order chi connectivity index (χ0) is 14.9. The molecule has 0 bridgehead atoms. The Morgan fingerprint density at radius 3 is 2.45 bits per heavy atom. The first-order chi connectivity index (χ1) is 9.29. The van der Waals surface area contributed by atoms with E-state index in [4.69, 9.17) is 0 Å². The fourth-order valence-corrected chi connectivity index (χ4v) is 3.62. The molecule has 1 aliphatic heterocycles. The quantitative estimate of drug-likeness (QED) is 0.907. The normalized spacial score (nSPS) is 23.6. The molecule has 110 valence electrons. The van der Waals surface area contributed by atoms with Crippen LogP contribution in [0.1, 0.15) is 24.4 Å². The summed E-state index contributed by atoms with van der Waals surface area (Å²) in [5.74, 6) is -0.411. The molecule has 2 rings (SSSR count). The highest BCUT2D eigenvalue weighted by atomic mass is 32.2. The van der Waals surface area contributed by atoms with Crippen LogP contribution in [-0.2, 0) is 9.84 Å². The summed E-state index contributed by atoms with van der Waals surface area (Å²) in [6.07, 6.45) is 0.571. The van der Waals surface area contributed by atoms with Gasteiger partial charge in [0.25, 0.3) is 0 Å². The van der Waals surface area contributed by atoms with E-state index in [2.05, 4.69) is 0 Å². The average molecular weight is 301 g/mol. The molecule has 1 fully saturated rings. The molecule has 0 aliphatic carbocycles. The van der Waals surface area contributed by atoms with Crippen LogP contribution >= 0.6 is 0 Å². The number of halogens is 1. The van der Waals surface area contributed by atoms with Gasteiger partial charge in [-0.3, -0.25) is 0 Å². The van der Waals surface area contributed by atoms with Crippen LogP contribution in [0.4, 0.5) is 9.18 Å². The predicted octanol–water partition coefficient (Wildman–Crippen LogP) is 2.05. The van der Waals surface area contributed by atoms with Crippen LogP contribution in [0.15, 0.2) is 24.3 Å².